The van der Waals surface area contributed by atoms with Crippen LogP contribution < -0.4 is 5.56 Å². The molecule has 0 aliphatic carbocycles. The SMILES string of the molecule is CCOC(=O)c1c(-c2ccc([N+](=O)[O-])cc2)[nH][nH]c1=O. The average molecular weight is 277 g/mol. The van der Waals surface area contributed by atoms with E-state index in [0.29, 0.717) is 5.56 Å². The zero-order valence-electron chi connectivity index (χ0n) is 10.5. The molecule has 2 N–H and O–H groups in total. The molecule has 0 unspecified atom stereocenters. The topological polar surface area (TPSA) is 118 Å². The van der Waals surface area contributed by atoms with Gasteiger partial charge in [-0.3, -0.25) is 25.1 Å². The van der Waals surface area contributed by atoms with Crippen LogP contribution in [0.1, 0.15) is 17.3 Å². The van der Waals surface area contributed by atoms with Crippen molar-refractivity contribution in [3.05, 3.63) is 50.3 Å². The average Bonchev–Trinajstić information content (AvgIpc) is 2.81. The van der Waals surface area contributed by atoms with Crippen LogP contribution in [-0.4, -0.2) is 27.7 Å². The number of benzene rings is 1. The van der Waals surface area contributed by atoms with Crippen LogP contribution in [0, 0.1) is 10.1 Å². The van der Waals surface area contributed by atoms with E-state index < -0.39 is 16.5 Å². The quantitative estimate of drug-likeness (QED) is 0.498. The zero-order valence-corrected chi connectivity index (χ0v) is 10.5. The highest BCUT2D eigenvalue weighted by atomic mass is 16.6. The van der Waals surface area contributed by atoms with E-state index in [2.05, 4.69) is 10.2 Å². The summed E-state index contributed by atoms with van der Waals surface area (Å²) in [6, 6.07) is 5.46. The molecule has 1 aromatic carbocycles. The minimum atomic E-state index is -0.747. The number of carbonyl (C=O) groups excluding carboxylic acids is 1. The lowest BCUT2D eigenvalue weighted by Crippen LogP contribution is -2.15. The third kappa shape index (κ3) is 2.44. The van der Waals surface area contributed by atoms with Crippen LogP contribution in [0.2, 0.25) is 0 Å². The van der Waals surface area contributed by atoms with Crippen LogP contribution >= 0.6 is 0 Å². The van der Waals surface area contributed by atoms with Gasteiger partial charge >= 0.3 is 5.97 Å². The number of rotatable bonds is 4. The maximum absolute atomic E-state index is 11.7. The number of nitro groups is 1. The molecule has 2 rings (SSSR count). The third-order valence-corrected chi connectivity index (χ3v) is 2.62. The maximum Gasteiger partial charge on any atom is 0.346 e. The number of hydrogen-bond donors (Lipinski definition) is 2. The summed E-state index contributed by atoms with van der Waals surface area (Å²) < 4.78 is 4.80. The van der Waals surface area contributed by atoms with Crippen LogP contribution in [0.3, 0.4) is 0 Å². The molecule has 0 atom stereocenters. The first-order valence-corrected chi connectivity index (χ1v) is 5.77. The molecule has 0 fully saturated rings. The van der Waals surface area contributed by atoms with Crippen molar-refractivity contribution in [1.29, 1.82) is 0 Å². The third-order valence-electron chi connectivity index (χ3n) is 2.62. The molecule has 104 valence electrons. The number of carbonyl (C=O) groups is 1. The fourth-order valence-electron chi connectivity index (χ4n) is 1.72. The fourth-order valence-corrected chi connectivity index (χ4v) is 1.72. The van der Waals surface area contributed by atoms with Crippen molar-refractivity contribution >= 4 is 11.7 Å². The van der Waals surface area contributed by atoms with E-state index in [1.165, 1.54) is 24.3 Å². The lowest BCUT2D eigenvalue weighted by molar-refractivity contribution is -0.384. The van der Waals surface area contributed by atoms with Gasteiger partial charge in [0.25, 0.3) is 11.2 Å². The summed E-state index contributed by atoms with van der Waals surface area (Å²) in [5.74, 6) is -0.747. The molecule has 8 nitrogen and oxygen atoms in total. The number of nitro benzene ring substituents is 1. The number of aromatic nitrogens is 2. The molecule has 0 bridgehead atoms. The second kappa shape index (κ2) is 5.39. The second-order valence-corrected chi connectivity index (χ2v) is 3.85. The van der Waals surface area contributed by atoms with E-state index in [4.69, 9.17) is 4.74 Å². The molecule has 8 heteroatoms. The predicted octanol–water partition coefficient (Wildman–Crippen LogP) is 1.45. The van der Waals surface area contributed by atoms with Gasteiger partial charge in [0.05, 0.1) is 17.2 Å². The number of non-ortho nitro benzene ring substituents is 1. The number of aromatic amines is 2. The first-order chi connectivity index (χ1) is 9.54. The Morgan fingerprint density at radius 2 is 1.95 bits per heavy atom. The zero-order chi connectivity index (χ0) is 14.7. The number of ether oxygens (including phenoxy) is 1. The van der Waals surface area contributed by atoms with Gasteiger partial charge in [-0.15, -0.1) is 0 Å². The molecule has 0 aliphatic rings. The number of nitrogens with zero attached hydrogens (tertiary/aromatic N) is 1. The Morgan fingerprint density at radius 3 is 2.50 bits per heavy atom. The van der Waals surface area contributed by atoms with E-state index in [0.717, 1.165) is 0 Å². The summed E-state index contributed by atoms with van der Waals surface area (Å²) in [6.07, 6.45) is 0. The monoisotopic (exact) mass is 277 g/mol. The highest BCUT2D eigenvalue weighted by Gasteiger charge is 2.20. The summed E-state index contributed by atoms with van der Waals surface area (Å²) >= 11 is 0. The van der Waals surface area contributed by atoms with Crippen molar-refractivity contribution in [3.8, 4) is 11.3 Å². The minimum absolute atomic E-state index is 0.0793. The van der Waals surface area contributed by atoms with Crippen molar-refractivity contribution in [3.63, 3.8) is 0 Å². The number of nitrogens with one attached hydrogen (secondary N) is 2. The van der Waals surface area contributed by atoms with E-state index >= 15 is 0 Å². The lowest BCUT2D eigenvalue weighted by atomic mass is 10.1. The van der Waals surface area contributed by atoms with Crippen molar-refractivity contribution < 1.29 is 14.5 Å². The van der Waals surface area contributed by atoms with Gasteiger partial charge in [0.1, 0.15) is 0 Å². The van der Waals surface area contributed by atoms with E-state index in [1.54, 1.807) is 6.92 Å². The summed E-state index contributed by atoms with van der Waals surface area (Å²) in [5, 5.41) is 15.4. The Balaban J connectivity index is 2.45. The van der Waals surface area contributed by atoms with Gasteiger partial charge in [0.2, 0.25) is 0 Å². The molecule has 1 aromatic heterocycles. The largest absolute Gasteiger partial charge is 0.462 e. The van der Waals surface area contributed by atoms with Crippen LogP contribution in [0.15, 0.2) is 29.1 Å². The smallest absolute Gasteiger partial charge is 0.346 e. The Morgan fingerprint density at radius 1 is 1.30 bits per heavy atom. The number of esters is 1. The molecule has 0 spiro atoms. The normalized spacial score (nSPS) is 10.2. The van der Waals surface area contributed by atoms with Crippen LogP contribution in [0.4, 0.5) is 5.69 Å². The van der Waals surface area contributed by atoms with Crippen molar-refractivity contribution in [2.45, 2.75) is 6.92 Å². The van der Waals surface area contributed by atoms with Gasteiger partial charge in [-0.2, -0.15) is 0 Å². The molecule has 0 saturated heterocycles. The Kier molecular flexibility index (Phi) is 3.65. The molecule has 20 heavy (non-hydrogen) atoms. The Labute approximate surface area is 112 Å². The predicted molar refractivity (Wildman–Crippen MR) is 69.5 cm³/mol. The van der Waals surface area contributed by atoms with E-state index in [1.807, 2.05) is 0 Å². The minimum Gasteiger partial charge on any atom is -0.462 e. The highest BCUT2D eigenvalue weighted by Crippen LogP contribution is 2.22. The molecular formula is C12H11N3O5. The Bertz CT molecular complexity index is 699. The van der Waals surface area contributed by atoms with Crippen molar-refractivity contribution in [1.82, 2.24) is 10.2 Å². The Hall–Kier alpha value is -2.90. The standard InChI is InChI=1S/C12H11N3O5/c1-2-20-12(17)9-10(13-14-11(9)16)7-3-5-8(6-4-7)15(18)19/h3-6H,2H2,1H3,(H2,13,14,16). The second-order valence-electron chi connectivity index (χ2n) is 3.85. The number of H-pyrrole nitrogens is 2. The van der Waals surface area contributed by atoms with Gasteiger partial charge < -0.3 is 4.74 Å². The summed E-state index contributed by atoms with van der Waals surface area (Å²) in [7, 11) is 0. The van der Waals surface area contributed by atoms with Crippen LogP contribution in [0.5, 0.6) is 0 Å². The van der Waals surface area contributed by atoms with Gasteiger partial charge in [0.15, 0.2) is 5.56 Å². The van der Waals surface area contributed by atoms with Crippen LogP contribution in [0.25, 0.3) is 11.3 Å². The van der Waals surface area contributed by atoms with E-state index in [-0.39, 0.29) is 23.6 Å². The molecule has 0 aliphatic heterocycles. The van der Waals surface area contributed by atoms with Gasteiger partial charge in [0, 0.05) is 17.7 Å². The summed E-state index contributed by atoms with van der Waals surface area (Å²) in [6.45, 7) is 1.77. The van der Waals surface area contributed by atoms with E-state index in [9.17, 15) is 19.7 Å². The molecule has 0 saturated carbocycles. The van der Waals surface area contributed by atoms with Gasteiger partial charge in [-0.25, -0.2) is 4.79 Å². The number of hydrogen-bond acceptors (Lipinski definition) is 5. The lowest BCUT2D eigenvalue weighted by Gasteiger charge is -2.02. The molecular weight excluding hydrogens is 266 g/mol. The molecule has 0 radical (unpaired) electrons. The first kappa shape index (κ1) is 13.5. The van der Waals surface area contributed by atoms with Gasteiger partial charge in [-0.1, -0.05) is 0 Å². The maximum atomic E-state index is 11.7. The fraction of sp³-hybridized carbons (Fsp3) is 0.167. The van der Waals surface area contributed by atoms with Gasteiger partial charge in [-0.05, 0) is 19.1 Å². The summed E-state index contributed by atoms with van der Waals surface area (Å²) in [5.41, 5.74) is -0.123. The van der Waals surface area contributed by atoms with Crippen molar-refractivity contribution in [2.24, 2.45) is 0 Å². The molecule has 0 amide bonds. The molecule has 1 heterocycles. The van der Waals surface area contributed by atoms with Crippen molar-refractivity contribution in [2.75, 3.05) is 6.61 Å². The summed E-state index contributed by atoms with van der Waals surface area (Å²) in [4.78, 5) is 33.4. The molecule has 2 aromatic rings. The highest BCUT2D eigenvalue weighted by molar-refractivity contribution is 5.95. The van der Waals surface area contributed by atoms with Crippen LogP contribution in [-0.2, 0) is 4.74 Å². The first-order valence-electron chi connectivity index (χ1n) is 5.77.